The van der Waals surface area contributed by atoms with Gasteiger partial charge in [-0.15, -0.1) is 0 Å². The Balaban J connectivity index is 2.03. The van der Waals surface area contributed by atoms with Gasteiger partial charge in [-0.25, -0.2) is 0 Å². The third-order valence-corrected chi connectivity index (χ3v) is 2.92. The minimum atomic E-state index is -0.584. The van der Waals surface area contributed by atoms with E-state index in [4.69, 9.17) is 9.47 Å². The highest BCUT2D eigenvalue weighted by molar-refractivity contribution is 5.31. The van der Waals surface area contributed by atoms with Crippen molar-refractivity contribution < 1.29 is 14.6 Å². The predicted molar refractivity (Wildman–Crippen MR) is 56.7 cm³/mol. The molecule has 1 aromatic carbocycles. The lowest BCUT2D eigenvalue weighted by molar-refractivity contribution is -0.0388. The summed E-state index contributed by atoms with van der Waals surface area (Å²) in [4.78, 5) is 0. The number of benzene rings is 1. The van der Waals surface area contributed by atoms with Crippen LogP contribution in [-0.2, 0) is 10.3 Å². The van der Waals surface area contributed by atoms with Crippen LogP contribution >= 0.6 is 0 Å². The maximum atomic E-state index is 10.1. The first kappa shape index (κ1) is 10.5. The van der Waals surface area contributed by atoms with Crippen LogP contribution in [0.4, 0.5) is 0 Å². The summed E-state index contributed by atoms with van der Waals surface area (Å²) in [5.74, 6) is 0.767. The van der Waals surface area contributed by atoms with Crippen molar-refractivity contribution in [1.82, 2.24) is 0 Å². The molecular weight excluding hydrogens is 192 g/mol. The van der Waals surface area contributed by atoms with Crippen LogP contribution in [-0.4, -0.2) is 19.0 Å². The fraction of sp³-hybridized carbons (Fsp3) is 0.500. The monoisotopic (exact) mass is 208 g/mol. The van der Waals surface area contributed by atoms with E-state index in [1.165, 1.54) is 0 Å². The van der Waals surface area contributed by atoms with Crippen LogP contribution in [0.25, 0.3) is 0 Å². The molecule has 0 aliphatic heterocycles. The Morgan fingerprint density at radius 2 is 1.93 bits per heavy atom. The number of rotatable bonds is 4. The van der Waals surface area contributed by atoms with E-state index in [2.05, 4.69) is 0 Å². The van der Waals surface area contributed by atoms with Gasteiger partial charge in [0.15, 0.2) is 6.79 Å². The molecular formula is C12H16O3. The van der Waals surface area contributed by atoms with Gasteiger partial charge in [0, 0.05) is 7.11 Å². The molecule has 82 valence electrons. The smallest absolute Gasteiger partial charge is 0.188 e. The zero-order valence-electron chi connectivity index (χ0n) is 8.90. The van der Waals surface area contributed by atoms with Crippen LogP contribution in [0.5, 0.6) is 5.75 Å². The molecule has 0 bridgehead atoms. The number of hydrogen-bond donors (Lipinski definition) is 1. The summed E-state index contributed by atoms with van der Waals surface area (Å²) in [5, 5.41) is 10.1. The summed E-state index contributed by atoms with van der Waals surface area (Å²) >= 11 is 0. The first-order valence-electron chi connectivity index (χ1n) is 5.19. The fourth-order valence-corrected chi connectivity index (χ4v) is 1.79. The molecule has 1 aliphatic rings. The molecule has 0 saturated heterocycles. The fourth-order valence-electron chi connectivity index (χ4n) is 1.79. The van der Waals surface area contributed by atoms with E-state index in [-0.39, 0.29) is 6.79 Å². The summed E-state index contributed by atoms with van der Waals surface area (Å²) < 4.78 is 10.1. The van der Waals surface area contributed by atoms with Gasteiger partial charge in [0.05, 0.1) is 5.60 Å². The second kappa shape index (κ2) is 4.21. The lowest BCUT2D eigenvalue weighted by Gasteiger charge is -2.37. The molecule has 0 aromatic heterocycles. The average molecular weight is 208 g/mol. The summed E-state index contributed by atoms with van der Waals surface area (Å²) in [6.45, 7) is 0.254. The maximum absolute atomic E-state index is 10.1. The molecule has 0 heterocycles. The molecule has 0 unspecified atom stereocenters. The Morgan fingerprint density at radius 1 is 1.27 bits per heavy atom. The molecule has 1 aromatic rings. The quantitative estimate of drug-likeness (QED) is 0.769. The molecule has 1 fully saturated rings. The molecule has 0 spiro atoms. The first-order valence-corrected chi connectivity index (χ1v) is 5.19. The number of methoxy groups -OCH3 is 1. The summed E-state index contributed by atoms with van der Waals surface area (Å²) in [6.07, 6.45) is 2.84. The van der Waals surface area contributed by atoms with Crippen molar-refractivity contribution in [2.45, 2.75) is 24.9 Å². The van der Waals surface area contributed by atoms with Crippen molar-refractivity contribution in [2.75, 3.05) is 13.9 Å². The number of hydrogen-bond acceptors (Lipinski definition) is 3. The minimum Gasteiger partial charge on any atom is -0.468 e. The van der Waals surface area contributed by atoms with Crippen LogP contribution in [0.15, 0.2) is 24.3 Å². The Hall–Kier alpha value is -1.06. The van der Waals surface area contributed by atoms with Gasteiger partial charge < -0.3 is 14.6 Å². The first-order chi connectivity index (χ1) is 7.24. The van der Waals surface area contributed by atoms with E-state index >= 15 is 0 Å². The maximum Gasteiger partial charge on any atom is 0.188 e. The molecule has 15 heavy (non-hydrogen) atoms. The summed E-state index contributed by atoms with van der Waals surface area (Å²) in [5.41, 5.74) is 0.401. The van der Waals surface area contributed by atoms with E-state index in [1.807, 2.05) is 24.3 Å². The van der Waals surface area contributed by atoms with E-state index in [0.29, 0.717) is 0 Å². The second-order valence-electron chi connectivity index (χ2n) is 3.96. The van der Waals surface area contributed by atoms with Gasteiger partial charge in [-0.3, -0.25) is 0 Å². The van der Waals surface area contributed by atoms with Gasteiger partial charge in [0.1, 0.15) is 5.75 Å². The normalized spacial score (nSPS) is 18.3. The van der Waals surface area contributed by atoms with E-state index < -0.39 is 5.60 Å². The van der Waals surface area contributed by atoms with Crippen LogP contribution in [0.2, 0.25) is 0 Å². The summed E-state index contributed by atoms with van der Waals surface area (Å²) in [6, 6.07) is 7.57. The van der Waals surface area contributed by atoms with Gasteiger partial charge in [0.25, 0.3) is 0 Å². The van der Waals surface area contributed by atoms with Crippen molar-refractivity contribution in [1.29, 1.82) is 0 Å². The predicted octanol–water partition coefficient (Wildman–Crippen LogP) is 2.04. The van der Waals surface area contributed by atoms with Crippen molar-refractivity contribution in [2.24, 2.45) is 0 Å². The number of ether oxygens (including phenoxy) is 2. The Labute approximate surface area is 89.6 Å². The van der Waals surface area contributed by atoms with Crippen LogP contribution in [0.1, 0.15) is 24.8 Å². The largest absolute Gasteiger partial charge is 0.468 e. The molecule has 0 amide bonds. The van der Waals surface area contributed by atoms with Crippen molar-refractivity contribution >= 4 is 0 Å². The van der Waals surface area contributed by atoms with Crippen LogP contribution < -0.4 is 4.74 Å². The Kier molecular flexibility index (Phi) is 2.93. The van der Waals surface area contributed by atoms with E-state index in [0.717, 1.165) is 30.6 Å². The van der Waals surface area contributed by atoms with Gasteiger partial charge in [0.2, 0.25) is 0 Å². The molecule has 0 radical (unpaired) electrons. The third kappa shape index (κ3) is 2.13. The van der Waals surface area contributed by atoms with Crippen LogP contribution in [0, 0.1) is 0 Å². The standard InChI is InChI=1S/C12H16O3/c1-14-9-15-11-5-3-10(4-6-11)12(13)7-2-8-12/h3-6,13H,2,7-9H2,1H3. The van der Waals surface area contributed by atoms with Crippen molar-refractivity contribution in [3.63, 3.8) is 0 Å². The molecule has 3 nitrogen and oxygen atoms in total. The summed E-state index contributed by atoms with van der Waals surface area (Å²) in [7, 11) is 1.59. The van der Waals surface area contributed by atoms with Gasteiger partial charge in [-0.05, 0) is 37.0 Å². The topological polar surface area (TPSA) is 38.7 Å². The minimum absolute atomic E-state index is 0.254. The SMILES string of the molecule is COCOc1ccc(C2(O)CCC2)cc1. The molecule has 3 heteroatoms. The van der Waals surface area contributed by atoms with Crippen molar-refractivity contribution in [3.8, 4) is 5.75 Å². The van der Waals surface area contributed by atoms with E-state index in [1.54, 1.807) is 7.11 Å². The lowest BCUT2D eigenvalue weighted by atomic mass is 9.75. The van der Waals surface area contributed by atoms with Gasteiger partial charge in [-0.2, -0.15) is 0 Å². The highest BCUT2D eigenvalue weighted by Crippen LogP contribution is 2.41. The highest BCUT2D eigenvalue weighted by atomic mass is 16.7. The number of aliphatic hydroxyl groups is 1. The van der Waals surface area contributed by atoms with Crippen molar-refractivity contribution in [3.05, 3.63) is 29.8 Å². The zero-order chi connectivity index (χ0) is 10.7. The second-order valence-corrected chi connectivity index (χ2v) is 3.96. The molecule has 2 rings (SSSR count). The molecule has 1 N–H and O–H groups in total. The molecule has 1 aliphatic carbocycles. The van der Waals surface area contributed by atoms with Gasteiger partial charge >= 0.3 is 0 Å². The van der Waals surface area contributed by atoms with E-state index in [9.17, 15) is 5.11 Å². The molecule has 1 saturated carbocycles. The van der Waals surface area contributed by atoms with Crippen LogP contribution in [0.3, 0.4) is 0 Å². The Bertz CT molecular complexity index is 314. The lowest BCUT2D eigenvalue weighted by Crippen LogP contribution is -2.33. The highest BCUT2D eigenvalue weighted by Gasteiger charge is 2.35. The molecule has 0 atom stereocenters. The Morgan fingerprint density at radius 3 is 2.40 bits per heavy atom. The zero-order valence-corrected chi connectivity index (χ0v) is 8.90. The third-order valence-electron chi connectivity index (χ3n) is 2.92. The van der Waals surface area contributed by atoms with Gasteiger partial charge in [-0.1, -0.05) is 12.1 Å². The average Bonchev–Trinajstić information content (AvgIpc) is 2.24.